The van der Waals surface area contributed by atoms with Crippen LogP contribution in [0.15, 0.2) is 57.9 Å². The highest BCUT2D eigenvalue weighted by Crippen LogP contribution is 2.35. The largest absolute Gasteiger partial charge is 0.274 e. The summed E-state index contributed by atoms with van der Waals surface area (Å²) in [6.07, 6.45) is 4.11. The van der Waals surface area contributed by atoms with Gasteiger partial charge in [0.25, 0.3) is 5.91 Å². The maximum Gasteiger partial charge on any atom is 0.252 e. The summed E-state index contributed by atoms with van der Waals surface area (Å²) in [5.74, 6) is -0.847. The van der Waals surface area contributed by atoms with Gasteiger partial charge in [0, 0.05) is 14.1 Å². The lowest BCUT2D eigenvalue weighted by molar-refractivity contribution is -0.122. The predicted octanol–water partition coefficient (Wildman–Crippen LogP) is 4.71. The summed E-state index contributed by atoms with van der Waals surface area (Å²) in [6, 6.07) is 12.2. The summed E-state index contributed by atoms with van der Waals surface area (Å²) in [4.78, 5) is 27.5. The van der Waals surface area contributed by atoms with E-state index < -0.39 is 22.0 Å². The number of imide groups is 1. The van der Waals surface area contributed by atoms with Gasteiger partial charge in [-0.15, -0.1) is 0 Å². The van der Waals surface area contributed by atoms with E-state index >= 15 is 0 Å². The van der Waals surface area contributed by atoms with Crippen molar-refractivity contribution >= 4 is 66.0 Å². The molecule has 4 rings (SSSR count). The first-order valence-electron chi connectivity index (χ1n) is 10.2. The van der Waals surface area contributed by atoms with Crippen LogP contribution in [0.25, 0.3) is 0 Å². The second-order valence-electron chi connectivity index (χ2n) is 7.84. The lowest BCUT2D eigenvalue weighted by atomic mass is 9.94. The molecule has 0 aromatic heterocycles. The lowest BCUT2D eigenvalue weighted by Gasteiger charge is -2.36. The third-order valence-electron chi connectivity index (χ3n) is 5.84. The number of rotatable bonds is 5. The molecule has 2 aliphatic rings. The van der Waals surface area contributed by atoms with Gasteiger partial charge in [0.1, 0.15) is 6.04 Å². The van der Waals surface area contributed by atoms with Gasteiger partial charge in [-0.2, -0.15) is 4.31 Å². The molecule has 6 nitrogen and oxygen atoms in total. The van der Waals surface area contributed by atoms with E-state index in [1.165, 1.54) is 16.4 Å². The van der Waals surface area contributed by atoms with Gasteiger partial charge in [0.2, 0.25) is 15.9 Å². The zero-order chi connectivity index (χ0) is 22.2. The molecule has 2 aromatic rings. The second-order valence-corrected chi connectivity index (χ2v) is 11.8. The zero-order valence-corrected chi connectivity index (χ0v) is 21.3. The number of carbonyl (C=O) groups excluding carboxylic acids is 2. The van der Waals surface area contributed by atoms with E-state index in [4.69, 9.17) is 0 Å². The molecule has 1 aliphatic heterocycles. The van der Waals surface area contributed by atoms with Crippen molar-refractivity contribution < 1.29 is 18.0 Å². The molecule has 31 heavy (non-hydrogen) atoms. The van der Waals surface area contributed by atoms with Crippen LogP contribution in [-0.2, 0) is 19.6 Å². The molecule has 9 heteroatoms. The molecular weight excluding hydrogens is 595 g/mol. The fourth-order valence-corrected chi connectivity index (χ4v) is 6.81. The number of sulfonamides is 1. The summed E-state index contributed by atoms with van der Waals surface area (Å²) in [5.41, 5.74) is 0.475. The van der Waals surface area contributed by atoms with Gasteiger partial charge in [-0.05, 0) is 84.0 Å². The average Bonchev–Trinajstić information content (AvgIpc) is 3.03. The molecular formula is C22H22BrIN2O4S. The molecule has 164 valence electrons. The minimum Gasteiger partial charge on any atom is -0.274 e. The van der Waals surface area contributed by atoms with Crippen LogP contribution >= 0.6 is 38.5 Å². The van der Waals surface area contributed by atoms with Crippen LogP contribution in [0.2, 0.25) is 0 Å². The lowest BCUT2D eigenvalue weighted by Crippen LogP contribution is -2.51. The van der Waals surface area contributed by atoms with Crippen molar-refractivity contribution in [2.24, 2.45) is 0 Å². The number of halogens is 2. The fourth-order valence-electron chi connectivity index (χ4n) is 4.36. The molecule has 2 amide bonds. The topological polar surface area (TPSA) is 74.8 Å². The normalized spacial score (nSPS) is 20.6. The minimum atomic E-state index is -3.96. The van der Waals surface area contributed by atoms with Crippen LogP contribution in [0.5, 0.6) is 0 Å². The van der Waals surface area contributed by atoms with Gasteiger partial charge < -0.3 is 0 Å². The summed E-state index contributed by atoms with van der Waals surface area (Å²) >= 11 is 5.49. The maximum atomic E-state index is 13.7. The molecule has 1 saturated carbocycles. The Morgan fingerprint density at radius 1 is 0.935 bits per heavy atom. The first-order valence-corrected chi connectivity index (χ1v) is 13.5. The van der Waals surface area contributed by atoms with Crippen molar-refractivity contribution in [3.8, 4) is 0 Å². The quantitative estimate of drug-likeness (QED) is 0.360. The molecule has 0 N–H and O–H groups in total. The third-order valence-corrected chi connectivity index (χ3v) is 9.06. The number of hydrogen-bond acceptors (Lipinski definition) is 4. The van der Waals surface area contributed by atoms with Crippen LogP contribution in [0.1, 0.15) is 38.5 Å². The Kier molecular flexibility index (Phi) is 6.85. The fraction of sp³-hybridized carbons (Fsp3) is 0.364. The predicted molar refractivity (Wildman–Crippen MR) is 130 cm³/mol. The van der Waals surface area contributed by atoms with Crippen LogP contribution in [0.3, 0.4) is 0 Å². The second kappa shape index (κ2) is 9.29. The van der Waals surface area contributed by atoms with Crippen molar-refractivity contribution in [1.82, 2.24) is 4.31 Å². The minimum absolute atomic E-state index is 0.134. The Labute approximate surface area is 204 Å². The third kappa shape index (κ3) is 4.60. The van der Waals surface area contributed by atoms with E-state index in [2.05, 4.69) is 38.5 Å². The highest BCUT2D eigenvalue weighted by atomic mass is 127. The molecule has 1 heterocycles. The van der Waals surface area contributed by atoms with Gasteiger partial charge in [-0.3, -0.25) is 9.59 Å². The van der Waals surface area contributed by atoms with Crippen molar-refractivity contribution in [2.45, 2.75) is 55.5 Å². The molecule has 2 aromatic carbocycles. The van der Waals surface area contributed by atoms with Crippen molar-refractivity contribution in [2.75, 3.05) is 4.90 Å². The van der Waals surface area contributed by atoms with Gasteiger partial charge >= 0.3 is 0 Å². The average molecular weight is 617 g/mol. The molecule has 1 unspecified atom stereocenters. The molecule has 0 radical (unpaired) electrons. The van der Waals surface area contributed by atoms with E-state index in [-0.39, 0.29) is 23.3 Å². The number of anilines is 1. The molecule has 1 aliphatic carbocycles. The Balaban J connectivity index is 1.73. The number of amides is 2. The maximum absolute atomic E-state index is 13.7. The van der Waals surface area contributed by atoms with Crippen LogP contribution < -0.4 is 4.90 Å². The molecule has 1 saturated heterocycles. The summed E-state index contributed by atoms with van der Waals surface area (Å²) in [7, 11) is -3.96. The first kappa shape index (κ1) is 22.9. The molecule has 0 bridgehead atoms. The van der Waals surface area contributed by atoms with Crippen LogP contribution in [0, 0.1) is 3.57 Å². The molecule has 1 atom stereocenters. The highest BCUT2D eigenvalue weighted by Gasteiger charge is 2.49. The number of carbonyl (C=O) groups is 2. The summed E-state index contributed by atoms with van der Waals surface area (Å²) in [6.45, 7) is 0. The Hall–Kier alpha value is -1.30. The van der Waals surface area contributed by atoms with Crippen LogP contribution in [-0.4, -0.2) is 36.6 Å². The van der Waals surface area contributed by atoms with Crippen molar-refractivity contribution in [3.63, 3.8) is 0 Å². The smallest absolute Gasteiger partial charge is 0.252 e. The van der Waals surface area contributed by atoms with Gasteiger partial charge in [0.05, 0.1) is 17.0 Å². The van der Waals surface area contributed by atoms with E-state index in [0.29, 0.717) is 18.5 Å². The Morgan fingerprint density at radius 3 is 2.16 bits per heavy atom. The van der Waals surface area contributed by atoms with Gasteiger partial charge in [-0.25, -0.2) is 13.3 Å². The SMILES string of the molecule is O=C1CC(N(C2CCCCC2)S(=O)(=O)c2ccc(Br)cc2)C(=O)N1c1ccc(I)cc1. The Bertz CT molecular complexity index is 1080. The monoisotopic (exact) mass is 616 g/mol. The van der Waals surface area contributed by atoms with E-state index in [1.54, 1.807) is 24.3 Å². The van der Waals surface area contributed by atoms with E-state index in [1.807, 2.05) is 12.1 Å². The Morgan fingerprint density at radius 2 is 1.55 bits per heavy atom. The number of hydrogen-bond donors (Lipinski definition) is 0. The molecule has 0 spiro atoms. The van der Waals surface area contributed by atoms with Crippen LogP contribution in [0.4, 0.5) is 5.69 Å². The first-order chi connectivity index (χ1) is 14.8. The summed E-state index contributed by atoms with van der Waals surface area (Å²) in [5, 5.41) is 0. The van der Waals surface area contributed by atoms with Gasteiger partial charge in [0.15, 0.2) is 0 Å². The highest BCUT2D eigenvalue weighted by molar-refractivity contribution is 14.1. The number of benzene rings is 2. The summed E-state index contributed by atoms with van der Waals surface area (Å²) < 4.78 is 30.5. The number of nitrogens with zero attached hydrogens (tertiary/aromatic N) is 2. The van der Waals surface area contributed by atoms with E-state index in [9.17, 15) is 18.0 Å². The van der Waals surface area contributed by atoms with Gasteiger partial charge in [-0.1, -0.05) is 35.2 Å². The zero-order valence-electron chi connectivity index (χ0n) is 16.7. The molecule has 2 fully saturated rings. The standard InChI is InChI=1S/C22H22BrIN2O4S/c23-15-6-12-19(13-7-15)31(29,30)26(18-4-2-1-3-5-18)20-14-21(27)25(22(20)28)17-10-8-16(24)9-11-17/h6-13,18,20H,1-5,14H2. The van der Waals surface area contributed by atoms with Crippen molar-refractivity contribution in [3.05, 3.63) is 56.6 Å². The van der Waals surface area contributed by atoms with E-state index in [0.717, 1.165) is 32.2 Å². The van der Waals surface area contributed by atoms with Crippen molar-refractivity contribution in [1.29, 1.82) is 0 Å².